The van der Waals surface area contributed by atoms with Crippen LogP contribution >= 0.6 is 12.6 Å². The topological polar surface area (TPSA) is 83.6 Å². The van der Waals surface area contributed by atoms with E-state index in [0.29, 0.717) is 12.2 Å². The van der Waals surface area contributed by atoms with Gasteiger partial charge in [0.25, 0.3) is 0 Å². The quantitative estimate of drug-likeness (QED) is 0.350. The van der Waals surface area contributed by atoms with Crippen molar-refractivity contribution in [1.82, 2.24) is 0 Å². The van der Waals surface area contributed by atoms with Crippen LogP contribution in [0.1, 0.15) is 16.8 Å². The Morgan fingerprint density at radius 2 is 2.13 bits per heavy atom. The van der Waals surface area contributed by atoms with Gasteiger partial charge in [0.2, 0.25) is 0 Å². The molecule has 0 aliphatic carbocycles. The summed E-state index contributed by atoms with van der Waals surface area (Å²) in [6.45, 7) is 0. The molecule has 1 aromatic carbocycles. The molecule has 0 saturated heterocycles. The molecule has 0 amide bonds. The van der Waals surface area contributed by atoms with Crippen molar-refractivity contribution in [3.63, 3.8) is 0 Å². The third-order valence-corrected chi connectivity index (χ3v) is 2.32. The van der Waals surface area contributed by atoms with E-state index in [1.165, 1.54) is 18.2 Å². The standard InChI is InChI=1S/C10H13NO3S/c11-7(4-5-15)9(13)6-2-1-3-8(12)10(6)14/h1-3,7,12,14-15H,4-5,11H2/t7-/m0/s1. The summed E-state index contributed by atoms with van der Waals surface area (Å²) in [5.74, 6) is -0.638. The number of Topliss-reactive ketones (excluding diaryl/α,β-unsaturated/α-hetero) is 1. The van der Waals surface area contributed by atoms with Gasteiger partial charge in [0, 0.05) is 0 Å². The van der Waals surface area contributed by atoms with Gasteiger partial charge in [-0.15, -0.1) is 0 Å². The predicted molar refractivity (Wildman–Crippen MR) is 60.5 cm³/mol. The molecule has 82 valence electrons. The van der Waals surface area contributed by atoms with E-state index >= 15 is 0 Å². The summed E-state index contributed by atoms with van der Waals surface area (Å²) in [5, 5.41) is 18.6. The van der Waals surface area contributed by atoms with Gasteiger partial charge in [0.05, 0.1) is 11.6 Å². The summed E-state index contributed by atoms with van der Waals surface area (Å²) < 4.78 is 0. The Kier molecular flexibility index (Phi) is 3.99. The molecule has 0 fully saturated rings. The summed E-state index contributed by atoms with van der Waals surface area (Å²) >= 11 is 3.97. The normalized spacial score (nSPS) is 12.4. The third-order valence-electron chi connectivity index (χ3n) is 2.06. The summed E-state index contributed by atoms with van der Waals surface area (Å²) in [6.07, 6.45) is 0.428. The van der Waals surface area contributed by atoms with Crippen LogP contribution in [0.5, 0.6) is 11.5 Å². The molecule has 1 atom stereocenters. The van der Waals surface area contributed by atoms with Crippen molar-refractivity contribution in [3.05, 3.63) is 23.8 Å². The highest BCUT2D eigenvalue weighted by Gasteiger charge is 2.19. The zero-order valence-corrected chi connectivity index (χ0v) is 8.95. The van der Waals surface area contributed by atoms with Gasteiger partial charge in [-0.05, 0) is 24.3 Å². The summed E-state index contributed by atoms with van der Waals surface area (Å²) in [7, 11) is 0. The van der Waals surface area contributed by atoms with Crippen molar-refractivity contribution >= 4 is 18.4 Å². The molecule has 4 nitrogen and oxygen atoms in total. The van der Waals surface area contributed by atoms with Gasteiger partial charge in [0.15, 0.2) is 17.3 Å². The second-order valence-electron chi connectivity index (χ2n) is 3.16. The molecule has 4 N–H and O–H groups in total. The number of carbonyl (C=O) groups excluding carboxylic acids is 1. The molecule has 0 bridgehead atoms. The molecule has 0 aliphatic rings. The van der Waals surface area contributed by atoms with Gasteiger partial charge in [-0.1, -0.05) is 6.07 Å². The molecule has 1 aromatic rings. The summed E-state index contributed by atoms with van der Waals surface area (Å²) in [6, 6.07) is 3.51. The average molecular weight is 227 g/mol. The van der Waals surface area contributed by atoms with E-state index in [-0.39, 0.29) is 11.3 Å². The lowest BCUT2D eigenvalue weighted by molar-refractivity contribution is 0.0956. The van der Waals surface area contributed by atoms with Crippen molar-refractivity contribution in [2.24, 2.45) is 5.73 Å². The molecule has 0 aliphatic heterocycles. The molecule has 0 spiro atoms. The Balaban J connectivity index is 2.96. The van der Waals surface area contributed by atoms with E-state index in [1.807, 2.05) is 0 Å². The first kappa shape index (κ1) is 11.9. The van der Waals surface area contributed by atoms with Crippen LogP contribution in [0.2, 0.25) is 0 Å². The zero-order valence-electron chi connectivity index (χ0n) is 8.05. The van der Waals surface area contributed by atoms with Crippen LogP contribution < -0.4 is 5.73 Å². The number of benzene rings is 1. The predicted octanol–water partition coefficient (Wildman–Crippen LogP) is 0.928. The van der Waals surface area contributed by atoms with E-state index < -0.39 is 17.6 Å². The number of thiol groups is 1. The van der Waals surface area contributed by atoms with E-state index in [4.69, 9.17) is 5.73 Å². The van der Waals surface area contributed by atoms with Crippen LogP contribution in [0, 0.1) is 0 Å². The maximum Gasteiger partial charge on any atom is 0.183 e. The van der Waals surface area contributed by atoms with Crippen molar-refractivity contribution in [3.8, 4) is 11.5 Å². The Morgan fingerprint density at radius 3 is 2.73 bits per heavy atom. The van der Waals surface area contributed by atoms with Gasteiger partial charge >= 0.3 is 0 Å². The smallest absolute Gasteiger partial charge is 0.183 e. The second-order valence-corrected chi connectivity index (χ2v) is 3.60. The number of para-hydroxylation sites is 1. The van der Waals surface area contributed by atoms with Gasteiger partial charge in [-0.3, -0.25) is 4.79 Å². The number of phenols is 2. The maximum absolute atomic E-state index is 11.7. The lowest BCUT2D eigenvalue weighted by atomic mass is 10.0. The van der Waals surface area contributed by atoms with E-state index in [1.54, 1.807) is 0 Å². The van der Waals surface area contributed by atoms with Crippen LogP contribution in [-0.2, 0) is 0 Å². The summed E-state index contributed by atoms with van der Waals surface area (Å²) in [5.41, 5.74) is 5.63. The molecule has 0 unspecified atom stereocenters. The largest absolute Gasteiger partial charge is 0.504 e. The van der Waals surface area contributed by atoms with Crippen molar-refractivity contribution in [2.75, 3.05) is 5.75 Å². The molecule has 0 heterocycles. The lowest BCUT2D eigenvalue weighted by Crippen LogP contribution is -2.30. The van der Waals surface area contributed by atoms with Gasteiger partial charge in [-0.25, -0.2) is 0 Å². The minimum Gasteiger partial charge on any atom is -0.504 e. The molecule has 5 heteroatoms. The van der Waals surface area contributed by atoms with Gasteiger partial charge < -0.3 is 15.9 Å². The van der Waals surface area contributed by atoms with E-state index in [0.717, 1.165) is 0 Å². The number of rotatable bonds is 4. The van der Waals surface area contributed by atoms with E-state index in [9.17, 15) is 15.0 Å². The second kappa shape index (κ2) is 5.04. The Bertz CT molecular complexity index is 368. The van der Waals surface area contributed by atoms with Crippen LogP contribution in [0.3, 0.4) is 0 Å². The highest BCUT2D eigenvalue weighted by Crippen LogP contribution is 2.29. The Labute approximate surface area is 93.1 Å². The molecular weight excluding hydrogens is 214 g/mol. The number of ketones is 1. The first-order valence-electron chi connectivity index (χ1n) is 4.49. The maximum atomic E-state index is 11.7. The first-order valence-corrected chi connectivity index (χ1v) is 5.12. The minimum absolute atomic E-state index is 0.0456. The fourth-order valence-corrected chi connectivity index (χ4v) is 1.48. The van der Waals surface area contributed by atoms with Crippen LogP contribution in [0.25, 0.3) is 0 Å². The summed E-state index contributed by atoms with van der Waals surface area (Å²) in [4.78, 5) is 11.7. The lowest BCUT2D eigenvalue weighted by Gasteiger charge is -2.10. The van der Waals surface area contributed by atoms with Crippen molar-refractivity contribution < 1.29 is 15.0 Å². The molecule has 1 rings (SSSR count). The number of carbonyl (C=O) groups is 1. The van der Waals surface area contributed by atoms with Crippen LogP contribution in [-0.4, -0.2) is 27.8 Å². The number of nitrogens with two attached hydrogens (primary N) is 1. The molecule has 0 radical (unpaired) electrons. The number of aromatic hydroxyl groups is 2. The first-order chi connectivity index (χ1) is 7.07. The monoisotopic (exact) mass is 227 g/mol. The number of phenolic OH excluding ortho intramolecular Hbond substituents is 2. The number of hydrogen-bond acceptors (Lipinski definition) is 5. The van der Waals surface area contributed by atoms with Crippen molar-refractivity contribution in [2.45, 2.75) is 12.5 Å². The zero-order chi connectivity index (χ0) is 11.4. The number of hydrogen-bond donors (Lipinski definition) is 4. The van der Waals surface area contributed by atoms with E-state index in [2.05, 4.69) is 12.6 Å². The van der Waals surface area contributed by atoms with Crippen molar-refractivity contribution in [1.29, 1.82) is 0 Å². The molecule has 15 heavy (non-hydrogen) atoms. The van der Waals surface area contributed by atoms with Crippen LogP contribution in [0.15, 0.2) is 18.2 Å². The minimum atomic E-state index is -0.699. The fraction of sp³-hybridized carbons (Fsp3) is 0.300. The third kappa shape index (κ3) is 2.64. The Hall–Kier alpha value is -1.20. The fourth-order valence-electron chi connectivity index (χ4n) is 1.20. The SMILES string of the molecule is N[C@@H](CCS)C(=O)c1cccc(O)c1O. The molecular formula is C10H13NO3S. The van der Waals surface area contributed by atoms with Gasteiger partial charge in [-0.2, -0.15) is 12.6 Å². The van der Waals surface area contributed by atoms with Gasteiger partial charge in [0.1, 0.15) is 0 Å². The molecule has 0 saturated carbocycles. The highest BCUT2D eigenvalue weighted by atomic mass is 32.1. The molecule has 0 aromatic heterocycles. The Morgan fingerprint density at radius 1 is 1.47 bits per heavy atom. The van der Waals surface area contributed by atoms with Crippen LogP contribution in [0.4, 0.5) is 0 Å². The highest BCUT2D eigenvalue weighted by molar-refractivity contribution is 7.80. The average Bonchev–Trinajstić information content (AvgIpc) is 2.21.